The van der Waals surface area contributed by atoms with Crippen molar-refractivity contribution >= 4 is 15.7 Å². The van der Waals surface area contributed by atoms with E-state index in [2.05, 4.69) is 9.82 Å². The molecule has 2 aromatic carbocycles. The van der Waals surface area contributed by atoms with E-state index in [9.17, 15) is 8.42 Å². The van der Waals surface area contributed by atoms with Crippen LogP contribution in [0.15, 0.2) is 59.8 Å². The molecule has 0 radical (unpaired) electrons. The molecule has 0 aliphatic carbocycles. The average molecular weight is 355 g/mol. The Labute approximate surface area is 148 Å². The van der Waals surface area contributed by atoms with E-state index in [1.807, 2.05) is 50.2 Å². The summed E-state index contributed by atoms with van der Waals surface area (Å²) in [6.07, 6.45) is 3.23. The number of aromatic nitrogens is 2. The molecule has 0 spiro atoms. The van der Waals surface area contributed by atoms with Gasteiger partial charge in [-0.25, -0.2) is 8.42 Å². The van der Waals surface area contributed by atoms with E-state index in [4.69, 9.17) is 0 Å². The minimum Gasteiger partial charge on any atom is -0.276 e. The Morgan fingerprint density at radius 1 is 1.04 bits per heavy atom. The van der Waals surface area contributed by atoms with Gasteiger partial charge in [-0.05, 0) is 49.1 Å². The van der Waals surface area contributed by atoms with Crippen molar-refractivity contribution in [3.05, 3.63) is 77.1 Å². The second-order valence-corrected chi connectivity index (χ2v) is 7.88. The molecule has 0 saturated carbocycles. The standard InChI is InChI=1S/C19H21N3O2S/c1-14-8-9-16(3)19(10-14)25(23,24)21-18-11-20-22(13-18)12-17-7-5-4-6-15(17)2/h4-11,13,21H,12H2,1-3H3. The van der Waals surface area contributed by atoms with Crippen molar-refractivity contribution < 1.29 is 8.42 Å². The first-order chi connectivity index (χ1) is 11.8. The van der Waals surface area contributed by atoms with Gasteiger partial charge in [0.15, 0.2) is 0 Å². The third kappa shape index (κ3) is 3.91. The van der Waals surface area contributed by atoms with Gasteiger partial charge < -0.3 is 0 Å². The van der Waals surface area contributed by atoms with E-state index in [0.29, 0.717) is 22.7 Å². The van der Waals surface area contributed by atoms with Crippen LogP contribution in [0.1, 0.15) is 22.3 Å². The molecule has 0 saturated heterocycles. The molecule has 0 aliphatic rings. The fourth-order valence-electron chi connectivity index (χ4n) is 2.67. The number of sulfonamides is 1. The Morgan fingerprint density at radius 3 is 2.56 bits per heavy atom. The van der Waals surface area contributed by atoms with Crippen molar-refractivity contribution in [3.8, 4) is 0 Å². The third-order valence-electron chi connectivity index (χ3n) is 4.11. The van der Waals surface area contributed by atoms with Gasteiger partial charge in [0.25, 0.3) is 10.0 Å². The Balaban J connectivity index is 1.81. The number of rotatable bonds is 5. The first-order valence-electron chi connectivity index (χ1n) is 8.02. The predicted octanol–water partition coefficient (Wildman–Crippen LogP) is 3.66. The van der Waals surface area contributed by atoms with Crippen LogP contribution in [0.5, 0.6) is 0 Å². The summed E-state index contributed by atoms with van der Waals surface area (Å²) < 4.78 is 29.6. The first-order valence-corrected chi connectivity index (χ1v) is 9.50. The molecule has 3 aromatic rings. The molecule has 0 unspecified atom stereocenters. The van der Waals surface area contributed by atoms with Crippen LogP contribution < -0.4 is 4.72 Å². The van der Waals surface area contributed by atoms with Gasteiger partial charge in [0.2, 0.25) is 0 Å². The highest BCUT2D eigenvalue weighted by Gasteiger charge is 2.18. The quantitative estimate of drug-likeness (QED) is 0.760. The minimum atomic E-state index is -3.64. The highest BCUT2D eigenvalue weighted by Crippen LogP contribution is 2.20. The van der Waals surface area contributed by atoms with Crippen LogP contribution in [-0.2, 0) is 16.6 Å². The summed E-state index contributed by atoms with van der Waals surface area (Å²) in [5.74, 6) is 0. The lowest BCUT2D eigenvalue weighted by Crippen LogP contribution is -2.14. The lowest BCUT2D eigenvalue weighted by Gasteiger charge is -2.09. The monoisotopic (exact) mass is 355 g/mol. The fraction of sp³-hybridized carbons (Fsp3) is 0.211. The maximum Gasteiger partial charge on any atom is 0.262 e. The normalized spacial score (nSPS) is 11.5. The van der Waals surface area contributed by atoms with Crippen molar-refractivity contribution in [2.24, 2.45) is 0 Å². The maximum absolute atomic E-state index is 12.6. The second-order valence-electron chi connectivity index (χ2n) is 6.23. The van der Waals surface area contributed by atoms with Crippen LogP contribution in [0.3, 0.4) is 0 Å². The van der Waals surface area contributed by atoms with E-state index < -0.39 is 10.0 Å². The molecule has 0 aliphatic heterocycles. The molecule has 0 amide bonds. The number of anilines is 1. The molecule has 0 bridgehead atoms. The van der Waals surface area contributed by atoms with Gasteiger partial charge in [0, 0.05) is 6.20 Å². The molecule has 25 heavy (non-hydrogen) atoms. The lowest BCUT2D eigenvalue weighted by atomic mass is 10.1. The van der Waals surface area contributed by atoms with Crippen molar-refractivity contribution in [1.82, 2.24) is 9.78 Å². The number of hydrogen-bond acceptors (Lipinski definition) is 3. The molecule has 6 heteroatoms. The van der Waals surface area contributed by atoms with E-state index >= 15 is 0 Å². The highest BCUT2D eigenvalue weighted by atomic mass is 32.2. The summed E-state index contributed by atoms with van der Waals surface area (Å²) in [4.78, 5) is 0.291. The van der Waals surface area contributed by atoms with Crippen LogP contribution in [0.4, 0.5) is 5.69 Å². The van der Waals surface area contributed by atoms with E-state index in [1.54, 1.807) is 23.9 Å². The third-order valence-corrected chi connectivity index (χ3v) is 5.64. The predicted molar refractivity (Wildman–Crippen MR) is 99.2 cm³/mol. The Hall–Kier alpha value is -2.60. The number of nitrogens with zero attached hydrogens (tertiary/aromatic N) is 2. The Bertz CT molecular complexity index is 1010. The fourth-order valence-corrected chi connectivity index (χ4v) is 4.03. The summed E-state index contributed by atoms with van der Waals surface area (Å²) >= 11 is 0. The lowest BCUT2D eigenvalue weighted by molar-refractivity contribution is 0.600. The van der Waals surface area contributed by atoms with Crippen LogP contribution in [0.25, 0.3) is 0 Å². The van der Waals surface area contributed by atoms with Crippen molar-refractivity contribution in [3.63, 3.8) is 0 Å². The molecule has 0 atom stereocenters. The Morgan fingerprint density at radius 2 is 1.80 bits per heavy atom. The van der Waals surface area contributed by atoms with Gasteiger partial charge in [-0.3, -0.25) is 9.40 Å². The van der Waals surface area contributed by atoms with Crippen LogP contribution in [0, 0.1) is 20.8 Å². The van der Waals surface area contributed by atoms with Crippen molar-refractivity contribution in [1.29, 1.82) is 0 Å². The minimum absolute atomic E-state index is 0.291. The molecular weight excluding hydrogens is 334 g/mol. The van der Waals surface area contributed by atoms with Gasteiger partial charge in [-0.15, -0.1) is 0 Å². The maximum atomic E-state index is 12.6. The van der Waals surface area contributed by atoms with Gasteiger partial charge in [-0.1, -0.05) is 36.4 Å². The van der Waals surface area contributed by atoms with E-state index in [1.165, 1.54) is 11.8 Å². The zero-order valence-electron chi connectivity index (χ0n) is 14.5. The van der Waals surface area contributed by atoms with Gasteiger partial charge in [0.1, 0.15) is 0 Å². The summed E-state index contributed by atoms with van der Waals surface area (Å²) in [5, 5.41) is 4.26. The largest absolute Gasteiger partial charge is 0.276 e. The summed E-state index contributed by atoms with van der Waals surface area (Å²) in [5.41, 5.74) is 4.39. The molecule has 130 valence electrons. The van der Waals surface area contributed by atoms with Crippen LogP contribution in [-0.4, -0.2) is 18.2 Å². The van der Waals surface area contributed by atoms with Gasteiger partial charge >= 0.3 is 0 Å². The summed E-state index contributed by atoms with van der Waals surface area (Å²) in [7, 11) is -3.64. The zero-order valence-corrected chi connectivity index (χ0v) is 15.3. The molecule has 1 aromatic heterocycles. The molecule has 3 rings (SSSR count). The first kappa shape index (κ1) is 17.2. The molecule has 1 heterocycles. The molecule has 5 nitrogen and oxygen atoms in total. The molecule has 0 fully saturated rings. The molecular formula is C19H21N3O2S. The highest BCUT2D eigenvalue weighted by molar-refractivity contribution is 7.92. The van der Waals surface area contributed by atoms with E-state index in [-0.39, 0.29) is 0 Å². The summed E-state index contributed by atoms with van der Waals surface area (Å²) in [6, 6.07) is 13.4. The van der Waals surface area contributed by atoms with E-state index in [0.717, 1.165) is 11.1 Å². The summed E-state index contributed by atoms with van der Waals surface area (Å²) in [6.45, 7) is 6.30. The number of hydrogen-bond donors (Lipinski definition) is 1. The second kappa shape index (κ2) is 6.72. The number of aryl methyl sites for hydroxylation is 3. The van der Waals surface area contributed by atoms with Gasteiger partial charge in [-0.2, -0.15) is 5.10 Å². The zero-order chi connectivity index (χ0) is 18.0. The van der Waals surface area contributed by atoms with Crippen molar-refractivity contribution in [2.45, 2.75) is 32.2 Å². The molecule has 1 N–H and O–H groups in total. The van der Waals surface area contributed by atoms with Gasteiger partial charge in [0.05, 0.1) is 23.3 Å². The SMILES string of the molecule is Cc1ccc(C)c(S(=O)(=O)Nc2cnn(Cc3ccccc3C)c2)c1. The topological polar surface area (TPSA) is 64.0 Å². The van der Waals surface area contributed by atoms with Crippen LogP contribution in [0.2, 0.25) is 0 Å². The van der Waals surface area contributed by atoms with Crippen LogP contribution >= 0.6 is 0 Å². The Kier molecular flexibility index (Phi) is 4.63. The van der Waals surface area contributed by atoms with Crippen molar-refractivity contribution in [2.75, 3.05) is 4.72 Å². The average Bonchev–Trinajstić information content (AvgIpc) is 2.98. The smallest absolute Gasteiger partial charge is 0.262 e. The number of benzene rings is 2. The number of nitrogens with one attached hydrogen (secondary N) is 1.